The molecule has 2 amide bonds. The van der Waals surface area contributed by atoms with Crippen LogP contribution in [0.15, 0.2) is 18.5 Å². The van der Waals surface area contributed by atoms with E-state index in [2.05, 4.69) is 15.3 Å². The van der Waals surface area contributed by atoms with Crippen LogP contribution in [-0.2, 0) is 9.53 Å². The first-order valence-corrected chi connectivity index (χ1v) is 6.94. The molecule has 1 atom stereocenters. The molecule has 114 valence electrons. The SMILES string of the molecule is CC(C)(C)OC(=O)N1CCC[C@H]1C(=O)Nc1ncccn1. The molecule has 0 aliphatic carbocycles. The molecule has 0 aromatic carbocycles. The van der Waals surface area contributed by atoms with Gasteiger partial charge in [0.25, 0.3) is 0 Å². The van der Waals surface area contributed by atoms with Crippen molar-refractivity contribution in [3.63, 3.8) is 0 Å². The average molecular weight is 292 g/mol. The highest BCUT2D eigenvalue weighted by molar-refractivity contribution is 5.95. The molecule has 0 spiro atoms. The Hall–Kier alpha value is -2.18. The van der Waals surface area contributed by atoms with Gasteiger partial charge in [-0.2, -0.15) is 0 Å². The van der Waals surface area contributed by atoms with Crippen LogP contribution in [0.5, 0.6) is 0 Å². The third-order valence-electron chi connectivity index (χ3n) is 2.98. The Balaban J connectivity index is 2.01. The van der Waals surface area contributed by atoms with Crippen LogP contribution in [0.25, 0.3) is 0 Å². The maximum Gasteiger partial charge on any atom is 0.410 e. The van der Waals surface area contributed by atoms with E-state index in [1.54, 1.807) is 39.2 Å². The highest BCUT2D eigenvalue weighted by atomic mass is 16.6. The molecular weight excluding hydrogens is 272 g/mol. The molecule has 2 rings (SSSR count). The van der Waals surface area contributed by atoms with E-state index in [-0.39, 0.29) is 11.9 Å². The van der Waals surface area contributed by atoms with Crippen LogP contribution in [0.3, 0.4) is 0 Å². The van der Waals surface area contributed by atoms with E-state index in [0.29, 0.717) is 13.0 Å². The van der Waals surface area contributed by atoms with Gasteiger partial charge < -0.3 is 4.74 Å². The fraction of sp³-hybridized carbons (Fsp3) is 0.571. The minimum absolute atomic E-state index is 0.235. The van der Waals surface area contributed by atoms with Crippen LogP contribution in [0.1, 0.15) is 33.6 Å². The van der Waals surface area contributed by atoms with Gasteiger partial charge in [0.15, 0.2) is 0 Å². The number of amides is 2. The molecule has 0 unspecified atom stereocenters. The second kappa shape index (κ2) is 6.07. The van der Waals surface area contributed by atoms with Crippen molar-refractivity contribution in [1.29, 1.82) is 0 Å². The minimum atomic E-state index is -0.580. The molecule has 7 nitrogen and oxygen atoms in total. The summed E-state index contributed by atoms with van der Waals surface area (Å²) in [7, 11) is 0. The molecule has 0 bridgehead atoms. The topological polar surface area (TPSA) is 84.4 Å². The Kier molecular flexibility index (Phi) is 4.40. The van der Waals surface area contributed by atoms with Crippen LogP contribution in [0.4, 0.5) is 10.7 Å². The molecule has 0 radical (unpaired) electrons. The molecule has 21 heavy (non-hydrogen) atoms. The summed E-state index contributed by atoms with van der Waals surface area (Å²) in [6.07, 6.45) is 4.01. The van der Waals surface area contributed by atoms with Crippen LogP contribution in [-0.4, -0.2) is 45.1 Å². The van der Waals surface area contributed by atoms with Gasteiger partial charge in [-0.3, -0.25) is 15.0 Å². The van der Waals surface area contributed by atoms with E-state index in [1.807, 2.05) is 0 Å². The van der Waals surface area contributed by atoms with E-state index < -0.39 is 17.7 Å². The van der Waals surface area contributed by atoms with Gasteiger partial charge in [0.1, 0.15) is 11.6 Å². The highest BCUT2D eigenvalue weighted by Crippen LogP contribution is 2.21. The number of anilines is 1. The zero-order valence-corrected chi connectivity index (χ0v) is 12.5. The molecule has 0 saturated carbocycles. The summed E-state index contributed by atoms with van der Waals surface area (Å²) < 4.78 is 5.33. The second-order valence-electron chi connectivity index (χ2n) is 5.89. The van der Waals surface area contributed by atoms with E-state index >= 15 is 0 Å². The minimum Gasteiger partial charge on any atom is -0.444 e. The number of likely N-dealkylation sites (tertiary alicyclic amines) is 1. The Morgan fingerprint density at radius 1 is 1.33 bits per heavy atom. The smallest absolute Gasteiger partial charge is 0.410 e. The summed E-state index contributed by atoms with van der Waals surface area (Å²) in [6.45, 7) is 5.91. The standard InChI is InChI=1S/C14H20N4O3/c1-14(2,3)21-13(20)18-9-4-6-10(18)11(19)17-12-15-7-5-8-16-12/h5,7-8,10H,4,6,9H2,1-3H3,(H,15,16,17,19)/t10-/m0/s1. The fourth-order valence-electron chi connectivity index (χ4n) is 2.14. The number of aromatic nitrogens is 2. The largest absolute Gasteiger partial charge is 0.444 e. The first kappa shape index (κ1) is 15.2. The number of carbonyl (C=O) groups excluding carboxylic acids is 2. The molecule has 1 aliphatic rings. The predicted molar refractivity (Wildman–Crippen MR) is 76.6 cm³/mol. The molecule has 1 aromatic rings. The lowest BCUT2D eigenvalue weighted by atomic mass is 10.2. The summed E-state index contributed by atoms with van der Waals surface area (Å²) in [5.41, 5.74) is -0.580. The van der Waals surface area contributed by atoms with Crippen molar-refractivity contribution in [2.24, 2.45) is 0 Å². The van der Waals surface area contributed by atoms with Gasteiger partial charge in [-0.15, -0.1) is 0 Å². The third-order valence-corrected chi connectivity index (χ3v) is 2.98. The Bertz CT molecular complexity index is 513. The highest BCUT2D eigenvalue weighted by Gasteiger charge is 2.36. The lowest BCUT2D eigenvalue weighted by Crippen LogP contribution is -2.45. The number of nitrogens with zero attached hydrogens (tertiary/aromatic N) is 3. The fourth-order valence-corrected chi connectivity index (χ4v) is 2.14. The van der Waals surface area contributed by atoms with E-state index in [4.69, 9.17) is 4.74 Å². The maximum atomic E-state index is 12.3. The number of carbonyl (C=O) groups is 2. The van der Waals surface area contributed by atoms with Gasteiger partial charge in [-0.05, 0) is 39.7 Å². The van der Waals surface area contributed by atoms with Crippen LogP contribution in [0.2, 0.25) is 0 Å². The molecule has 1 fully saturated rings. The summed E-state index contributed by atoms with van der Waals surface area (Å²) in [4.78, 5) is 33.7. The Labute approximate surface area is 123 Å². The number of rotatable bonds is 2. The van der Waals surface area contributed by atoms with Crippen LogP contribution in [0, 0.1) is 0 Å². The van der Waals surface area contributed by atoms with E-state index in [0.717, 1.165) is 6.42 Å². The molecule has 1 N–H and O–H groups in total. The number of hydrogen-bond acceptors (Lipinski definition) is 5. The summed E-state index contributed by atoms with van der Waals surface area (Å²) in [5.74, 6) is -0.0527. The van der Waals surface area contributed by atoms with Crippen LogP contribution < -0.4 is 5.32 Å². The molecule has 7 heteroatoms. The summed E-state index contributed by atoms with van der Waals surface area (Å²) in [6, 6.07) is 1.13. The average Bonchev–Trinajstić information content (AvgIpc) is 2.87. The molecular formula is C14H20N4O3. The Morgan fingerprint density at radius 2 is 2.00 bits per heavy atom. The third kappa shape index (κ3) is 4.14. The maximum absolute atomic E-state index is 12.3. The van der Waals surface area contributed by atoms with Gasteiger partial charge in [0, 0.05) is 18.9 Å². The molecule has 1 aromatic heterocycles. The van der Waals surface area contributed by atoms with E-state index in [9.17, 15) is 9.59 Å². The normalized spacial score (nSPS) is 18.4. The summed E-state index contributed by atoms with van der Waals surface area (Å²) >= 11 is 0. The van der Waals surface area contributed by atoms with Crippen molar-refractivity contribution >= 4 is 17.9 Å². The van der Waals surface area contributed by atoms with E-state index in [1.165, 1.54) is 4.90 Å². The van der Waals surface area contributed by atoms with Crippen molar-refractivity contribution in [3.05, 3.63) is 18.5 Å². The van der Waals surface area contributed by atoms with Gasteiger partial charge in [0.05, 0.1) is 0 Å². The van der Waals surface area contributed by atoms with Crippen molar-refractivity contribution in [1.82, 2.24) is 14.9 Å². The summed E-state index contributed by atoms with van der Waals surface area (Å²) in [5, 5.41) is 2.62. The Morgan fingerprint density at radius 3 is 2.62 bits per heavy atom. The number of nitrogens with one attached hydrogen (secondary N) is 1. The van der Waals surface area contributed by atoms with Crippen molar-refractivity contribution in [2.75, 3.05) is 11.9 Å². The zero-order valence-electron chi connectivity index (χ0n) is 12.5. The lowest BCUT2D eigenvalue weighted by Gasteiger charge is -2.27. The van der Waals surface area contributed by atoms with Gasteiger partial charge >= 0.3 is 6.09 Å². The number of ether oxygens (including phenoxy) is 1. The van der Waals surface area contributed by atoms with Gasteiger partial charge in [-0.25, -0.2) is 14.8 Å². The second-order valence-corrected chi connectivity index (χ2v) is 5.89. The lowest BCUT2D eigenvalue weighted by molar-refractivity contribution is -0.120. The van der Waals surface area contributed by atoms with Crippen molar-refractivity contribution < 1.29 is 14.3 Å². The zero-order chi connectivity index (χ0) is 15.5. The van der Waals surface area contributed by atoms with Crippen LogP contribution >= 0.6 is 0 Å². The number of hydrogen-bond donors (Lipinski definition) is 1. The quantitative estimate of drug-likeness (QED) is 0.898. The van der Waals surface area contributed by atoms with Gasteiger partial charge in [0.2, 0.25) is 11.9 Å². The predicted octanol–water partition coefficient (Wildman–Crippen LogP) is 1.81. The first-order valence-electron chi connectivity index (χ1n) is 6.94. The first-order chi connectivity index (χ1) is 9.87. The molecule has 1 aliphatic heterocycles. The molecule has 1 saturated heterocycles. The van der Waals surface area contributed by atoms with Crippen molar-refractivity contribution in [2.45, 2.75) is 45.3 Å². The molecule has 2 heterocycles. The van der Waals surface area contributed by atoms with Crippen molar-refractivity contribution in [3.8, 4) is 0 Å². The van der Waals surface area contributed by atoms with Gasteiger partial charge in [-0.1, -0.05) is 0 Å². The monoisotopic (exact) mass is 292 g/mol.